The summed E-state index contributed by atoms with van der Waals surface area (Å²) in [4.78, 5) is 17.7. The lowest BCUT2D eigenvalue weighted by molar-refractivity contribution is -0.117. The van der Waals surface area contributed by atoms with E-state index in [1.807, 2.05) is 22.8 Å². The second kappa shape index (κ2) is 9.49. The van der Waals surface area contributed by atoms with E-state index >= 15 is 0 Å². The summed E-state index contributed by atoms with van der Waals surface area (Å²) in [6.45, 7) is 4.30. The Labute approximate surface area is 178 Å². The van der Waals surface area contributed by atoms with Crippen molar-refractivity contribution in [3.63, 3.8) is 0 Å². The van der Waals surface area contributed by atoms with Crippen molar-refractivity contribution >= 4 is 27.5 Å². The molecule has 3 aromatic rings. The van der Waals surface area contributed by atoms with Gasteiger partial charge in [0.25, 0.3) is 5.91 Å². The molecule has 0 bridgehead atoms. The molecule has 0 atom stereocenters. The third kappa shape index (κ3) is 4.18. The number of hydrogen-bond acceptors (Lipinski definition) is 6. The molecule has 1 heterocycles. The Bertz CT molecular complexity index is 1150. The highest BCUT2D eigenvalue weighted by Gasteiger charge is 2.16. The van der Waals surface area contributed by atoms with E-state index in [-0.39, 0.29) is 12.3 Å². The molecule has 0 spiro atoms. The number of benzene rings is 2. The normalized spacial score (nSPS) is 11.4. The Morgan fingerprint density at radius 3 is 2.27 bits per heavy atom. The molecule has 8 heteroatoms. The van der Waals surface area contributed by atoms with Crippen LogP contribution in [0.1, 0.15) is 5.56 Å². The molecule has 0 unspecified atom stereocenters. The third-order valence-electron chi connectivity index (χ3n) is 4.53. The van der Waals surface area contributed by atoms with Crippen LogP contribution < -0.4 is 23.7 Å². The molecule has 1 aromatic heterocycles. The molecule has 7 nitrogen and oxygen atoms in total. The van der Waals surface area contributed by atoms with Gasteiger partial charge in [-0.2, -0.15) is 4.99 Å². The van der Waals surface area contributed by atoms with Crippen molar-refractivity contribution < 1.29 is 23.7 Å². The summed E-state index contributed by atoms with van der Waals surface area (Å²) in [5, 5.41) is 0. The Morgan fingerprint density at radius 2 is 1.63 bits per heavy atom. The first-order valence-electron chi connectivity index (χ1n) is 9.19. The van der Waals surface area contributed by atoms with E-state index in [1.165, 1.54) is 11.3 Å². The van der Waals surface area contributed by atoms with Crippen molar-refractivity contribution in [2.75, 3.05) is 28.4 Å². The van der Waals surface area contributed by atoms with Crippen LogP contribution in [0, 0.1) is 0 Å². The maximum Gasteiger partial charge on any atom is 0.252 e. The van der Waals surface area contributed by atoms with Crippen LogP contribution in [0.2, 0.25) is 0 Å². The molecule has 2 aromatic carbocycles. The predicted molar refractivity (Wildman–Crippen MR) is 117 cm³/mol. The summed E-state index contributed by atoms with van der Waals surface area (Å²) in [5.74, 6) is 2.28. The Balaban J connectivity index is 2.06. The lowest BCUT2D eigenvalue weighted by atomic mass is 10.1. The molecule has 0 aliphatic heterocycles. The topological polar surface area (TPSA) is 71.3 Å². The number of aromatic nitrogens is 1. The molecule has 0 N–H and O–H groups in total. The minimum absolute atomic E-state index is 0.136. The summed E-state index contributed by atoms with van der Waals surface area (Å²) in [7, 11) is 6.35. The van der Waals surface area contributed by atoms with Crippen LogP contribution in [-0.4, -0.2) is 38.9 Å². The zero-order chi connectivity index (χ0) is 21.7. The molecular weight excluding hydrogens is 404 g/mol. The van der Waals surface area contributed by atoms with Gasteiger partial charge in [-0.3, -0.25) is 4.79 Å². The Hall–Kier alpha value is -3.26. The minimum Gasteiger partial charge on any atom is -0.495 e. The number of ether oxygens (including phenoxy) is 4. The van der Waals surface area contributed by atoms with Crippen LogP contribution in [0.3, 0.4) is 0 Å². The van der Waals surface area contributed by atoms with E-state index in [0.717, 1.165) is 15.8 Å². The number of nitrogens with zero attached hydrogens (tertiary/aromatic N) is 2. The highest BCUT2D eigenvalue weighted by atomic mass is 32.1. The SMILES string of the molecule is C=CCn1c(=NC(=O)Cc2ccc(OC)c(OC)c2)sc2c(OC)ccc(OC)c21. The van der Waals surface area contributed by atoms with Gasteiger partial charge in [0.1, 0.15) is 21.7 Å². The van der Waals surface area contributed by atoms with E-state index in [2.05, 4.69) is 11.6 Å². The highest BCUT2D eigenvalue weighted by Crippen LogP contribution is 2.35. The van der Waals surface area contributed by atoms with Gasteiger partial charge in [0.2, 0.25) is 0 Å². The van der Waals surface area contributed by atoms with Gasteiger partial charge in [-0.15, -0.1) is 6.58 Å². The molecule has 0 aliphatic carbocycles. The molecule has 30 heavy (non-hydrogen) atoms. The largest absolute Gasteiger partial charge is 0.495 e. The summed E-state index contributed by atoms with van der Waals surface area (Å²) in [6.07, 6.45) is 1.89. The fourth-order valence-electron chi connectivity index (χ4n) is 3.15. The van der Waals surface area contributed by atoms with Crippen LogP contribution in [0.4, 0.5) is 0 Å². The van der Waals surface area contributed by atoms with Crippen LogP contribution in [-0.2, 0) is 17.8 Å². The average Bonchev–Trinajstić information content (AvgIpc) is 3.11. The molecule has 0 radical (unpaired) electrons. The van der Waals surface area contributed by atoms with Crippen molar-refractivity contribution in [2.24, 2.45) is 4.99 Å². The van der Waals surface area contributed by atoms with E-state index < -0.39 is 0 Å². The number of allylic oxidation sites excluding steroid dienone is 1. The van der Waals surface area contributed by atoms with E-state index in [9.17, 15) is 4.79 Å². The molecule has 0 saturated heterocycles. The van der Waals surface area contributed by atoms with Gasteiger partial charge in [-0.05, 0) is 29.8 Å². The fraction of sp³-hybridized carbons (Fsp3) is 0.273. The molecule has 0 fully saturated rings. The maximum absolute atomic E-state index is 12.7. The number of fused-ring (bicyclic) bond motifs is 1. The van der Waals surface area contributed by atoms with Crippen LogP contribution >= 0.6 is 11.3 Å². The summed E-state index contributed by atoms with van der Waals surface area (Å²) in [6, 6.07) is 9.05. The number of hydrogen-bond donors (Lipinski definition) is 0. The molecule has 0 aliphatic rings. The monoisotopic (exact) mass is 428 g/mol. The van der Waals surface area contributed by atoms with Crippen LogP contribution in [0.25, 0.3) is 10.2 Å². The lowest BCUT2D eigenvalue weighted by Gasteiger charge is -2.09. The standard InChI is InChI=1S/C22H24N2O5S/c1-6-11-24-20-16(27-3)9-10-17(28-4)21(20)30-22(24)23-19(25)13-14-7-8-15(26-2)18(12-14)29-5/h6-10,12H,1,11,13H2,2-5H3. The summed E-state index contributed by atoms with van der Waals surface area (Å²) < 4.78 is 24.3. The molecule has 1 amide bonds. The molecule has 0 saturated carbocycles. The van der Waals surface area contributed by atoms with Gasteiger partial charge >= 0.3 is 0 Å². The quantitative estimate of drug-likeness (QED) is 0.513. The van der Waals surface area contributed by atoms with Crippen LogP contribution in [0.5, 0.6) is 23.0 Å². The number of carbonyl (C=O) groups excluding carboxylic acids is 1. The number of amides is 1. The molecule has 3 rings (SSSR count). The first kappa shape index (κ1) is 21.4. The van der Waals surface area contributed by atoms with Gasteiger partial charge in [-0.1, -0.05) is 23.5 Å². The smallest absolute Gasteiger partial charge is 0.252 e. The number of rotatable bonds is 8. The maximum atomic E-state index is 12.7. The van der Waals surface area contributed by atoms with Crippen molar-refractivity contribution in [3.05, 3.63) is 53.4 Å². The second-order valence-corrected chi connectivity index (χ2v) is 7.28. The van der Waals surface area contributed by atoms with Gasteiger partial charge in [0.05, 0.1) is 34.9 Å². The van der Waals surface area contributed by atoms with Gasteiger partial charge in [0, 0.05) is 6.54 Å². The molecular formula is C22H24N2O5S. The van der Waals surface area contributed by atoms with Crippen molar-refractivity contribution in [1.29, 1.82) is 0 Å². The lowest BCUT2D eigenvalue weighted by Crippen LogP contribution is -2.17. The highest BCUT2D eigenvalue weighted by molar-refractivity contribution is 7.16. The van der Waals surface area contributed by atoms with E-state index in [0.29, 0.717) is 34.3 Å². The Kier molecular flexibility index (Phi) is 6.79. The fourth-order valence-corrected chi connectivity index (χ4v) is 4.31. The number of thiazole rings is 1. The van der Waals surface area contributed by atoms with Crippen molar-refractivity contribution in [2.45, 2.75) is 13.0 Å². The van der Waals surface area contributed by atoms with Crippen LogP contribution in [0.15, 0.2) is 48.0 Å². The summed E-state index contributed by atoms with van der Waals surface area (Å²) >= 11 is 1.38. The third-order valence-corrected chi connectivity index (χ3v) is 5.62. The predicted octanol–water partition coefficient (Wildman–Crippen LogP) is 3.59. The first-order chi connectivity index (χ1) is 14.6. The summed E-state index contributed by atoms with van der Waals surface area (Å²) in [5.41, 5.74) is 1.60. The first-order valence-corrected chi connectivity index (χ1v) is 10.0. The van der Waals surface area contributed by atoms with Gasteiger partial charge in [-0.25, -0.2) is 0 Å². The second-order valence-electron chi connectivity index (χ2n) is 6.30. The van der Waals surface area contributed by atoms with E-state index in [4.69, 9.17) is 18.9 Å². The zero-order valence-electron chi connectivity index (χ0n) is 17.4. The minimum atomic E-state index is -0.274. The Morgan fingerprint density at radius 1 is 1.00 bits per heavy atom. The van der Waals surface area contributed by atoms with Gasteiger partial charge < -0.3 is 23.5 Å². The van der Waals surface area contributed by atoms with Crippen molar-refractivity contribution in [1.82, 2.24) is 4.57 Å². The van der Waals surface area contributed by atoms with Gasteiger partial charge in [0.15, 0.2) is 16.3 Å². The number of carbonyl (C=O) groups is 1. The number of methoxy groups -OCH3 is 4. The average molecular weight is 429 g/mol. The molecule has 158 valence electrons. The van der Waals surface area contributed by atoms with Crippen molar-refractivity contribution in [3.8, 4) is 23.0 Å². The van der Waals surface area contributed by atoms with E-state index in [1.54, 1.807) is 46.6 Å². The zero-order valence-corrected chi connectivity index (χ0v) is 18.2.